The Kier molecular flexibility index (Phi) is 5.68. The van der Waals surface area contributed by atoms with Crippen molar-refractivity contribution >= 4 is 23.2 Å². The molecule has 0 saturated carbocycles. The summed E-state index contributed by atoms with van der Waals surface area (Å²) < 4.78 is 0. The molecule has 6 nitrogen and oxygen atoms in total. The Morgan fingerprint density at radius 1 is 0.708 bits per heavy atom. The highest BCUT2D eigenvalue weighted by Crippen LogP contribution is 2.26. The number of carbonyl (C=O) groups excluding carboxylic acids is 2. The van der Waals surface area contributed by atoms with Gasteiger partial charge in [0, 0.05) is 37.3 Å². The quantitative estimate of drug-likeness (QED) is 0.675. The lowest BCUT2D eigenvalue weighted by atomic mass is 9.94. The molecule has 2 aromatic rings. The van der Waals surface area contributed by atoms with E-state index in [1.54, 1.807) is 24.3 Å². The largest absolute Gasteiger partial charge is 0.326 e. The molecule has 0 aliphatic carbocycles. The molecule has 0 spiro atoms. The number of nitrogens with two attached hydrogens (primary N) is 2. The highest BCUT2D eigenvalue weighted by atomic mass is 16.2. The van der Waals surface area contributed by atoms with E-state index in [4.69, 9.17) is 11.5 Å². The minimum absolute atomic E-state index is 0.122. The predicted molar refractivity (Wildman–Crippen MR) is 95.3 cm³/mol. The van der Waals surface area contributed by atoms with E-state index in [0.717, 1.165) is 11.1 Å². The molecule has 2 aromatic carbocycles. The number of amides is 2. The Bertz CT molecular complexity index is 647. The van der Waals surface area contributed by atoms with Crippen molar-refractivity contribution in [2.24, 2.45) is 11.5 Å². The summed E-state index contributed by atoms with van der Waals surface area (Å²) in [5, 5.41) is 5.42. The number of hydrogen-bond acceptors (Lipinski definition) is 4. The fraction of sp³-hybridized carbons (Fsp3) is 0.222. The minimum atomic E-state index is -0.386. The smallest absolute Gasteiger partial charge is 0.221 e. The van der Waals surface area contributed by atoms with Crippen LogP contribution in [0.5, 0.6) is 0 Å². The van der Waals surface area contributed by atoms with E-state index in [-0.39, 0.29) is 23.9 Å². The second-order valence-corrected chi connectivity index (χ2v) is 5.66. The van der Waals surface area contributed by atoms with Gasteiger partial charge < -0.3 is 22.1 Å². The first-order chi connectivity index (χ1) is 11.4. The average Bonchev–Trinajstić information content (AvgIpc) is 2.54. The molecule has 0 aromatic heterocycles. The lowest BCUT2D eigenvalue weighted by molar-refractivity contribution is -0.115. The number of nitrogens with one attached hydrogen (secondary N) is 2. The van der Waals surface area contributed by atoms with Gasteiger partial charge >= 0.3 is 0 Å². The van der Waals surface area contributed by atoms with Crippen LogP contribution in [0, 0.1) is 0 Å². The lowest BCUT2D eigenvalue weighted by Crippen LogP contribution is -2.26. The van der Waals surface area contributed by atoms with Gasteiger partial charge in [0.25, 0.3) is 0 Å². The van der Waals surface area contributed by atoms with Crippen LogP contribution in [0.1, 0.15) is 37.1 Å². The normalized spacial score (nSPS) is 13.0. The second kappa shape index (κ2) is 7.72. The van der Waals surface area contributed by atoms with E-state index < -0.39 is 0 Å². The molecule has 24 heavy (non-hydrogen) atoms. The van der Waals surface area contributed by atoms with Crippen LogP contribution in [0.4, 0.5) is 11.4 Å². The van der Waals surface area contributed by atoms with Crippen molar-refractivity contribution in [3.05, 3.63) is 59.7 Å². The monoisotopic (exact) mass is 326 g/mol. The van der Waals surface area contributed by atoms with Gasteiger partial charge in [-0.2, -0.15) is 0 Å². The summed E-state index contributed by atoms with van der Waals surface area (Å²) in [4.78, 5) is 22.1. The van der Waals surface area contributed by atoms with Crippen molar-refractivity contribution in [1.82, 2.24) is 0 Å². The maximum Gasteiger partial charge on any atom is 0.221 e. The number of rotatable bonds is 5. The molecule has 6 N–H and O–H groups in total. The van der Waals surface area contributed by atoms with Crippen molar-refractivity contribution in [3.63, 3.8) is 0 Å². The Morgan fingerprint density at radius 3 is 1.25 bits per heavy atom. The van der Waals surface area contributed by atoms with E-state index in [2.05, 4.69) is 10.6 Å². The zero-order valence-electron chi connectivity index (χ0n) is 13.7. The summed E-state index contributed by atoms with van der Waals surface area (Å²) in [6.07, 6.45) is 0. The molecule has 0 radical (unpaired) electrons. The van der Waals surface area contributed by atoms with Crippen LogP contribution in [0.25, 0.3) is 0 Å². The molecule has 126 valence electrons. The Balaban J connectivity index is 2.09. The third-order valence-electron chi connectivity index (χ3n) is 3.62. The van der Waals surface area contributed by atoms with Gasteiger partial charge in [-0.15, -0.1) is 0 Å². The van der Waals surface area contributed by atoms with Gasteiger partial charge in [0.2, 0.25) is 11.8 Å². The van der Waals surface area contributed by atoms with Crippen LogP contribution in [0.15, 0.2) is 48.5 Å². The van der Waals surface area contributed by atoms with E-state index in [1.165, 1.54) is 13.8 Å². The Labute approximate surface area is 141 Å². The summed E-state index contributed by atoms with van der Waals surface area (Å²) >= 11 is 0. The Hall–Kier alpha value is -2.70. The van der Waals surface area contributed by atoms with Gasteiger partial charge in [-0.25, -0.2) is 0 Å². The van der Waals surface area contributed by atoms with Gasteiger partial charge in [-0.05, 0) is 35.4 Å². The van der Waals surface area contributed by atoms with Crippen molar-refractivity contribution in [2.45, 2.75) is 25.9 Å². The van der Waals surface area contributed by atoms with Gasteiger partial charge in [-0.3, -0.25) is 9.59 Å². The second-order valence-electron chi connectivity index (χ2n) is 5.66. The number of carbonyl (C=O) groups is 2. The fourth-order valence-corrected chi connectivity index (χ4v) is 2.40. The molecule has 6 heteroatoms. The van der Waals surface area contributed by atoms with E-state index in [0.29, 0.717) is 11.4 Å². The molecule has 2 rings (SSSR count). The summed E-state index contributed by atoms with van der Waals surface area (Å²) in [6.45, 7) is 2.92. The molecule has 0 fully saturated rings. The van der Waals surface area contributed by atoms with E-state index in [9.17, 15) is 9.59 Å². The standard InChI is InChI=1S/C18H22N4O2/c1-11(23)21-15-7-3-13(4-8-15)17(19)18(20)14-5-9-16(10-6-14)22-12(2)24/h3-10,17-18H,19-20H2,1-2H3,(H,21,23)(H,22,24)/t17-,18-/m0/s1. The SMILES string of the molecule is CC(=O)Nc1ccc([C@H](N)[C@@H](N)c2ccc(NC(C)=O)cc2)cc1. The molecule has 0 unspecified atom stereocenters. The third kappa shape index (κ3) is 4.65. The molecule has 0 saturated heterocycles. The van der Waals surface area contributed by atoms with Gasteiger partial charge in [-0.1, -0.05) is 24.3 Å². The summed E-state index contributed by atoms with van der Waals surface area (Å²) in [7, 11) is 0. The predicted octanol–water partition coefficient (Wildman–Crippen LogP) is 2.30. The summed E-state index contributed by atoms with van der Waals surface area (Å²) in [5.74, 6) is -0.244. The van der Waals surface area contributed by atoms with Crippen LogP contribution in [-0.4, -0.2) is 11.8 Å². The van der Waals surface area contributed by atoms with Crippen molar-refractivity contribution in [2.75, 3.05) is 10.6 Å². The van der Waals surface area contributed by atoms with Crippen LogP contribution >= 0.6 is 0 Å². The summed E-state index contributed by atoms with van der Waals surface area (Å²) in [5.41, 5.74) is 15.7. The highest BCUT2D eigenvalue weighted by molar-refractivity contribution is 5.89. The average molecular weight is 326 g/mol. The molecular weight excluding hydrogens is 304 g/mol. The zero-order chi connectivity index (χ0) is 17.7. The molecule has 0 aliphatic rings. The third-order valence-corrected chi connectivity index (χ3v) is 3.62. The fourth-order valence-electron chi connectivity index (χ4n) is 2.40. The first-order valence-corrected chi connectivity index (χ1v) is 7.63. The highest BCUT2D eigenvalue weighted by Gasteiger charge is 2.17. The molecule has 0 bridgehead atoms. The molecular formula is C18H22N4O2. The zero-order valence-corrected chi connectivity index (χ0v) is 13.7. The first-order valence-electron chi connectivity index (χ1n) is 7.63. The van der Waals surface area contributed by atoms with Gasteiger partial charge in [0.15, 0.2) is 0 Å². The van der Waals surface area contributed by atoms with Crippen LogP contribution < -0.4 is 22.1 Å². The minimum Gasteiger partial charge on any atom is -0.326 e. The van der Waals surface area contributed by atoms with Crippen molar-refractivity contribution in [3.8, 4) is 0 Å². The van der Waals surface area contributed by atoms with Crippen LogP contribution in [0.3, 0.4) is 0 Å². The number of benzene rings is 2. The van der Waals surface area contributed by atoms with Gasteiger partial charge in [0.1, 0.15) is 0 Å². The van der Waals surface area contributed by atoms with Gasteiger partial charge in [0.05, 0.1) is 0 Å². The maximum atomic E-state index is 11.0. The van der Waals surface area contributed by atoms with Crippen LogP contribution in [0.2, 0.25) is 0 Å². The maximum absolute atomic E-state index is 11.0. The van der Waals surface area contributed by atoms with Crippen molar-refractivity contribution in [1.29, 1.82) is 0 Å². The lowest BCUT2D eigenvalue weighted by Gasteiger charge is -2.21. The Morgan fingerprint density at radius 2 is 1.00 bits per heavy atom. The molecule has 0 heterocycles. The number of hydrogen-bond donors (Lipinski definition) is 4. The van der Waals surface area contributed by atoms with Crippen molar-refractivity contribution < 1.29 is 9.59 Å². The first kappa shape index (κ1) is 17.7. The van der Waals surface area contributed by atoms with Crippen LogP contribution in [-0.2, 0) is 9.59 Å². The van der Waals surface area contributed by atoms with E-state index in [1.807, 2.05) is 24.3 Å². The molecule has 2 amide bonds. The molecule has 2 atom stereocenters. The topological polar surface area (TPSA) is 110 Å². The summed E-state index contributed by atoms with van der Waals surface area (Å²) in [6, 6.07) is 13.8. The number of anilines is 2. The molecule has 0 aliphatic heterocycles. The van der Waals surface area contributed by atoms with E-state index >= 15 is 0 Å².